The number of H-pyrrole nitrogens is 1. The summed E-state index contributed by atoms with van der Waals surface area (Å²) in [7, 11) is 1.99. The highest BCUT2D eigenvalue weighted by molar-refractivity contribution is 7.99. The molecule has 1 aromatic carbocycles. The standard InChI is InChI=1S/C15H18N6OS/c1-9-17-15(20-19-9)23-8-14(22)16-7-11-4-5-13-12(6-11)18-10(2)21(13)3/h4-6H,7-8H2,1-3H3,(H,16,22)(H,17,19,20). The van der Waals surface area contributed by atoms with E-state index in [0.717, 1.165) is 28.2 Å². The number of benzene rings is 1. The first kappa shape index (κ1) is 15.5. The summed E-state index contributed by atoms with van der Waals surface area (Å²) in [6.45, 7) is 4.29. The molecule has 0 aliphatic heterocycles. The molecule has 0 bridgehead atoms. The average molecular weight is 330 g/mol. The zero-order chi connectivity index (χ0) is 16.4. The van der Waals surface area contributed by atoms with E-state index in [-0.39, 0.29) is 5.91 Å². The van der Waals surface area contributed by atoms with Gasteiger partial charge in [-0.1, -0.05) is 17.8 Å². The number of nitrogens with zero attached hydrogens (tertiary/aromatic N) is 4. The number of hydrogen-bond acceptors (Lipinski definition) is 5. The molecule has 0 fully saturated rings. The zero-order valence-corrected chi connectivity index (χ0v) is 14.1. The summed E-state index contributed by atoms with van der Waals surface area (Å²) in [5.41, 5.74) is 3.07. The average Bonchev–Trinajstić information content (AvgIpc) is 3.07. The molecule has 3 rings (SSSR count). The lowest BCUT2D eigenvalue weighted by molar-refractivity contribution is -0.118. The number of carbonyl (C=O) groups is 1. The second-order valence-electron chi connectivity index (χ2n) is 5.31. The molecule has 0 saturated carbocycles. The maximum Gasteiger partial charge on any atom is 0.230 e. The normalized spacial score (nSPS) is 11.1. The van der Waals surface area contributed by atoms with Crippen molar-refractivity contribution in [3.8, 4) is 0 Å². The molecule has 2 heterocycles. The van der Waals surface area contributed by atoms with Crippen LogP contribution in [0.2, 0.25) is 0 Å². The lowest BCUT2D eigenvalue weighted by Crippen LogP contribution is -2.24. The lowest BCUT2D eigenvalue weighted by Gasteiger charge is -2.05. The van der Waals surface area contributed by atoms with Crippen LogP contribution in [0.25, 0.3) is 11.0 Å². The van der Waals surface area contributed by atoms with Gasteiger partial charge in [0.1, 0.15) is 11.6 Å². The molecule has 0 spiro atoms. The van der Waals surface area contributed by atoms with Crippen molar-refractivity contribution in [2.45, 2.75) is 25.5 Å². The van der Waals surface area contributed by atoms with E-state index in [1.54, 1.807) is 0 Å². The van der Waals surface area contributed by atoms with Gasteiger partial charge in [0.05, 0.1) is 16.8 Å². The summed E-state index contributed by atoms with van der Waals surface area (Å²) in [6.07, 6.45) is 0. The van der Waals surface area contributed by atoms with Crippen LogP contribution >= 0.6 is 11.8 Å². The molecule has 120 valence electrons. The largest absolute Gasteiger partial charge is 0.351 e. The molecule has 1 amide bonds. The first-order valence-electron chi connectivity index (χ1n) is 7.23. The number of imidazole rings is 1. The fourth-order valence-corrected chi connectivity index (χ4v) is 2.92. The van der Waals surface area contributed by atoms with Gasteiger partial charge in [0.2, 0.25) is 11.1 Å². The van der Waals surface area contributed by atoms with Crippen LogP contribution in [0.15, 0.2) is 23.4 Å². The van der Waals surface area contributed by atoms with Gasteiger partial charge >= 0.3 is 0 Å². The van der Waals surface area contributed by atoms with E-state index in [1.807, 2.05) is 43.7 Å². The van der Waals surface area contributed by atoms with E-state index >= 15 is 0 Å². The molecule has 0 atom stereocenters. The van der Waals surface area contributed by atoms with Crippen molar-refractivity contribution in [2.75, 3.05) is 5.75 Å². The highest BCUT2D eigenvalue weighted by atomic mass is 32.2. The Labute approximate surface area is 137 Å². The van der Waals surface area contributed by atoms with Crippen molar-refractivity contribution in [2.24, 2.45) is 7.05 Å². The molecule has 2 N–H and O–H groups in total. The highest BCUT2D eigenvalue weighted by Crippen LogP contribution is 2.16. The minimum atomic E-state index is -0.0465. The second-order valence-corrected chi connectivity index (χ2v) is 6.25. The SMILES string of the molecule is Cc1nc(SCC(=O)NCc2ccc3c(c2)nc(C)n3C)n[nH]1. The Morgan fingerprint density at radius 1 is 1.35 bits per heavy atom. The monoisotopic (exact) mass is 330 g/mol. The summed E-state index contributed by atoms with van der Waals surface area (Å²) in [5.74, 6) is 1.96. The fraction of sp³-hybridized carbons (Fsp3) is 0.333. The molecule has 8 heteroatoms. The topological polar surface area (TPSA) is 88.5 Å². The van der Waals surface area contributed by atoms with Crippen LogP contribution in [0.1, 0.15) is 17.2 Å². The van der Waals surface area contributed by atoms with Gasteiger partial charge < -0.3 is 9.88 Å². The molecule has 2 aromatic heterocycles. The quantitative estimate of drug-likeness (QED) is 0.695. The van der Waals surface area contributed by atoms with Crippen molar-refractivity contribution in [3.63, 3.8) is 0 Å². The van der Waals surface area contributed by atoms with Crippen molar-refractivity contribution < 1.29 is 4.79 Å². The Kier molecular flexibility index (Phi) is 4.33. The van der Waals surface area contributed by atoms with E-state index in [0.29, 0.717) is 17.5 Å². The minimum absolute atomic E-state index is 0.0465. The molecule has 7 nitrogen and oxygen atoms in total. The number of thioether (sulfide) groups is 1. The van der Waals surface area contributed by atoms with Gasteiger partial charge in [-0.2, -0.15) is 0 Å². The van der Waals surface area contributed by atoms with Gasteiger partial charge in [-0.3, -0.25) is 9.89 Å². The predicted octanol–water partition coefficient (Wildman–Crippen LogP) is 1.72. The smallest absolute Gasteiger partial charge is 0.230 e. The molecule has 23 heavy (non-hydrogen) atoms. The molecule has 0 aliphatic carbocycles. The Morgan fingerprint density at radius 3 is 2.91 bits per heavy atom. The molecular weight excluding hydrogens is 312 g/mol. The molecule has 0 saturated heterocycles. The number of hydrogen-bond donors (Lipinski definition) is 2. The van der Waals surface area contributed by atoms with E-state index in [1.165, 1.54) is 11.8 Å². The van der Waals surface area contributed by atoms with Crippen LogP contribution in [0.3, 0.4) is 0 Å². The van der Waals surface area contributed by atoms with Crippen molar-refractivity contribution >= 4 is 28.7 Å². The number of aromatic amines is 1. The summed E-state index contributed by atoms with van der Waals surface area (Å²) in [5, 5.41) is 10.2. The van der Waals surface area contributed by atoms with Gasteiger partial charge in [0.25, 0.3) is 0 Å². The van der Waals surface area contributed by atoms with E-state index in [4.69, 9.17) is 0 Å². The van der Waals surface area contributed by atoms with Crippen LogP contribution in [0.5, 0.6) is 0 Å². The number of fused-ring (bicyclic) bond motifs is 1. The fourth-order valence-electron chi connectivity index (χ4n) is 2.24. The van der Waals surface area contributed by atoms with Gasteiger partial charge in [-0.05, 0) is 31.5 Å². The van der Waals surface area contributed by atoms with Gasteiger partial charge in [-0.15, -0.1) is 5.10 Å². The van der Waals surface area contributed by atoms with Gasteiger partial charge in [0.15, 0.2) is 0 Å². The number of aromatic nitrogens is 5. The molecule has 0 aliphatic rings. The van der Waals surface area contributed by atoms with Crippen molar-refractivity contribution in [3.05, 3.63) is 35.4 Å². The second kappa shape index (κ2) is 6.41. The number of rotatable bonds is 5. The van der Waals surface area contributed by atoms with Gasteiger partial charge in [0, 0.05) is 13.6 Å². The molecule has 0 radical (unpaired) electrons. The zero-order valence-electron chi connectivity index (χ0n) is 13.3. The van der Waals surface area contributed by atoms with Crippen LogP contribution in [0, 0.1) is 13.8 Å². The lowest BCUT2D eigenvalue weighted by atomic mass is 10.2. The van der Waals surface area contributed by atoms with Crippen LogP contribution < -0.4 is 5.32 Å². The van der Waals surface area contributed by atoms with E-state index in [9.17, 15) is 4.79 Å². The van der Waals surface area contributed by atoms with E-state index in [2.05, 4.69) is 25.5 Å². The number of amides is 1. The maximum atomic E-state index is 11.9. The summed E-state index contributed by atoms with van der Waals surface area (Å²) in [6, 6.07) is 6.05. The maximum absolute atomic E-state index is 11.9. The summed E-state index contributed by atoms with van der Waals surface area (Å²) >= 11 is 1.31. The first-order valence-corrected chi connectivity index (χ1v) is 8.22. The predicted molar refractivity (Wildman–Crippen MR) is 89.1 cm³/mol. The number of carbonyl (C=O) groups excluding carboxylic acids is 1. The summed E-state index contributed by atoms with van der Waals surface area (Å²) in [4.78, 5) is 20.6. The van der Waals surface area contributed by atoms with Crippen molar-refractivity contribution in [1.29, 1.82) is 0 Å². The summed E-state index contributed by atoms with van der Waals surface area (Å²) < 4.78 is 2.05. The molecular formula is C15H18N6OS. The third-order valence-corrected chi connectivity index (χ3v) is 4.41. The third-order valence-electron chi connectivity index (χ3n) is 3.57. The van der Waals surface area contributed by atoms with Crippen LogP contribution in [-0.4, -0.2) is 36.4 Å². The Bertz CT molecular complexity index is 853. The Hall–Kier alpha value is -2.35. The van der Waals surface area contributed by atoms with Crippen LogP contribution in [0.4, 0.5) is 0 Å². The molecule has 0 unspecified atom stereocenters. The highest BCUT2D eigenvalue weighted by Gasteiger charge is 2.08. The van der Waals surface area contributed by atoms with E-state index < -0.39 is 0 Å². The number of aryl methyl sites for hydroxylation is 3. The third kappa shape index (κ3) is 3.53. The number of nitrogens with one attached hydrogen (secondary N) is 2. The van der Waals surface area contributed by atoms with Crippen LogP contribution in [-0.2, 0) is 18.4 Å². The Morgan fingerprint density at radius 2 is 2.17 bits per heavy atom. The Balaban J connectivity index is 1.56. The first-order chi connectivity index (χ1) is 11.0. The molecule has 3 aromatic rings. The van der Waals surface area contributed by atoms with Gasteiger partial charge in [-0.25, -0.2) is 9.97 Å². The van der Waals surface area contributed by atoms with Crippen molar-refractivity contribution in [1.82, 2.24) is 30.0 Å². The minimum Gasteiger partial charge on any atom is -0.351 e.